The van der Waals surface area contributed by atoms with E-state index < -0.39 is 23.9 Å². The third-order valence-corrected chi connectivity index (χ3v) is 8.08. The van der Waals surface area contributed by atoms with Crippen LogP contribution in [0.1, 0.15) is 68.2 Å². The number of nitrogens with one attached hydrogen (secondary N) is 1. The highest BCUT2D eigenvalue weighted by molar-refractivity contribution is 7.14. The molecule has 1 saturated carbocycles. The van der Waals surface area contributed by atoms with Crippen molar-refractivity contribution in [1.29, 1.82) is 0 Å². The SMILES string of the molecule is Cc1sc(C(=O)c2cncnc2N[C@@H]2C[C@@H](C)[C@@H](O)C2)cc1[C@H]1OCCc2ccc(C(F)(F)F)cc21. The minimum absolute atomic E-state index is 0.00736. The first-order valence-corrected chi connectivity index (χ1v) is 12.6. The van der Waals surface area contributed by atoms with Gasteiger partial charge in [0.2, 0.25) is 5.78 Å². The van der Waals surface area contributed by atoms with Crippen LogP contribution >= 0.6 is 11.3 Å². The van der Waals surface area contributed by atoms with E-state index in [-0.39, 0.29) is 17.7 Å². The smallest absolute Gasteiger partial charge is 0.393 e. The van der Waals surface area contributed by atoms with Crippen LogP contribution in [-0.2, 0) is 17.3 Å². The van der Waals surface area contributed by atoms with Gasteiger partial charge in [0.1, 0.15) is 18.2 Å². The molecular formula is C26H26F3N3O3S. The van der Waals surface area contributed by atoms with E-state index in [2.05, 4.69) is 15.3 Å². The van der Waals surface area contributed by atoms with E-state index in [0.29, 0.717) is 46.8 Å². The number of halogens is 3. The molecule has 0 saturated heterocycles. The van der Waals surface area contributed by atoms with Crippen molar-refractivity contribution in [3.05, 3.63) is 74.4 Å². The van der Waals surface area contributed by atoms with E-state index in [9.17, 15) is 23.1 Å². The first-order valence-electron chi connectivity index (χ1n) is 11.8. The largest absolute Gasteiger partial charge is 0.416 e. The molecule has 1 aliphatic carbocycles. The number of rotatable bonds is 5. The maximum atomic E-state index is 13.5. The fourth-order valence-electron chi connectivity index (χ4n) is 5.03. The van der Waals surface area contributed by atoms with Gasteiger partial charge >= 0.3 is 6.18 Å². The maximum absolute atomic E-state index is 13.5. The fourth-order valence-corrected chi connectivity index (χ4v) is 6.03. The van der Waals surface area contributed by atoms with E-state index in [4.69, 9.17) is 4.74 Å². The van der Waals surface area contributed by atoms with Crippen LogP contribution in [0.4, 0.5) is 19.0 Å². The summed E-state index contributed by atoms with van der Waals surface area (Å²) in [6.45, 7) is 4.20. The molecule has 0 bridgehead atoms. The van der Waals surface area contributed by atoms with Crippen LogP contribution in [-0.4, -0.2) is 39.6 Å². The monoisotopic (exact) mass is 517 g/mol. The molecule has 4 atom stereocenters. The molecule has 0 unspecified atom stereocenters. The van der Waals surface area contributed by atoms with E-state index in [0.717, 1.165) is 29.0 Å². The number of fused-ring (bicyclic) bond motifs is 1. The number of aromatic nitrogens is 2. The van der Waals surface area contributed by atoms with E-state index >= 15 is 0 Å². The third-order valence-electron chi connectivity index (χ3n) is 7.01. The van der Waals surface area contributed by atoms with Crippen molar-refractivity contribution in [2.75, 3.05) is 11.9 Å². The summed E-state index contributed by atoms with van der Waals surface area (Å²) in [6, 6.07) is 5.47. The van der Waals surface area contributed by atoms with E-state index in [1.54, 1.807) is 6.07 Å². The van der Waals surface area contributed by atoms with Gasteiger partial charge in [-0.15, -0.1) is 11.3 Å². The number of benzene rings is 1. The van der Waals surface area contributed by atoms with Gasteiger partial charge in [0.25, 0.3) is 0 Å². The van der Waals surface area contributed by atoms with E-state index in [1.807, 2.05) is 13.8 Å². The lowest BCUT2D eigenvalue weighted by Gasteiger charge is -2.27. The number of hydrogen-bond acceptors (Lipinski definition) is 7. The molecule has 36 heavy (non-hydrogen) atoms. The summed E-state index contributed by atoms with van der Waals surface area (Å²) in [6.07, 6.45) is -0.844. The molecule has 0 radical (unpaired) electrons. The number of ketones is 1. The molecule has 3 aromatic rings. The number of nitrogens with zero attached hydrogens (tertiary/aromatic N) is 2. The van der Waals surface area contributed by atoms with Crippen LogP contribution in [0.5, 0.6) is 0 Å². The van der Waals surface area contributed by atoms with Crippen LogP contribution in [0.3, 0.4) is 0 Å². The topological polar surface area (TPSA) is 84.3 Å². The number of hydrogen-bond donors (Lipinski definition) is 2. The quantitative estimate of drug-likeness (QED) is 0.445. The predicted molar refractivity (Wildman–Crippen MR) is 129 cm³/mol. The molecule has 3 heterocycles. The zero-order valence-corrected chi connectivity index (χ0v) is 20.6. The number of carbonyl (C=O) groups is 1. The zero-order valence-electron chi connectivity index (χ0n) is 19.8. The summed E-state index contributed by atoms with van der Waals surface area (Å²) in [5.41, 5.74) is 1.57. The van der Waals surface area contributed by atoms with Crippen molar-refractivity contribution < 1.29 is 27.8 Å². The van der Waals surface area contributed by atoms with Gasteiger partial charge in [-0.2, -0.15) is 13.2 Å². The Balaban J connectivity index is 1.44. The van der Waals surface area contributed by atoms with Gasteiger partial charge in [0, 0.05) is 17.1 Å². The van der Waals surface area contributed by atoms with Gasteiger partial charge in [0.15, 0.2) is 0 Å². The second kappa shape index (κ2) is 9.57. The van der Waals surface area contributed by atoms with Crippen molar-refractivity contribution in [1.82, 2.24) is 9.97 Å². The Kier molecular flexibility index (Phi) is 6.61. The number of thiophene rings is 1. The fraction of sp³-hybridized carbons (Fsp3) is 0.423. The Morgan fingerprint density at radius 2 is 2.03 bits per heavy atom. The van der Waals surface area contributed by atoms with Crippen molar-refractivity contribution in [2.24, 2.45) is 5.92 Å². The molecule has 6 nitrogen and oxygen atoms in total. The van der Waals surface area contributed by atoms with Crippen LogP contribution in [0.2, 0.25) is 0 Å². The second-order valence-corrected chi connectivity index (χ2v) is 10.8. The predicted octanol–water partition coefficient (Wildman–Crippen LogP) is 5.33. The summed E-state index contributed by atoms with van der Waals surface area (Å²) in [5, 5.41) is 13.4. The summed E-state index contributed by atoms with van der Waals surface area (Å²) >= 11 is 1.27. The van der Waals surface area contributed by atoms with Crippen molar-refractivity contribution >= 4 is 22.9 Å². The van der Waals surface area contributed by atoms with Crippen molar-refractivity contribution in [2.45, 2.75) is 57.5 Å². The molecule has 0 spiro atoms. The average Bonchev–Trinajstić information content (AvgIpc) is 3.38. The van der Waals surface area contributed by atoms with Gasteiger partial charge in [-0.05, 0) is 67.0 Å². The number of anilines is 1. The minimum atomic E-state index is -4.45. The van der Waals surface area contributed by atoms with Crippen LogP contribution < -0.4 is 5.32 Å². The summed E-state index contributed by atoms with van der Waals surface area (Å²) in [7, 11) is 0. The number of carbonyl (C=O) groups excluding carboxylic acids is 1. The van der Waals surface area contributed by atoms with Gasteiger partial charge in [-0.1, -0.05) is 13.0 Å². The zero-order chi connectivity index (χ0) is 25.6. The third kappa shape index (κ3) is 4.77. The van der Waals surface area contributed by atoms with Gasteiger partial charge in [-0.3, -0.25) is 4.79 Å². The normalized spacial score (nSPS) is 23.9. The molecule has 0 amide bonds. The Morgan fingerprint density at radius 3 is 2.75 bits per heavy atom. The highest BCUT2D eigenvalue weighted by atomic mass is 32.1. The average molecular weight is 518 g/mol. The van der Waals surface area contributed by atoms with E-state index in [1.165, 1.54) is 29.9 Å². The molecule has 1 fully saturated rings. The highest BCUT2D eigenvalue weighted by Gasteiger charge is 2.35. The molecule has 190 valence electrons. The number of aliphatic hydroxyl groups excluding tert-OH is 1. The van der Waals surface area contributed by atoms with Gasteiger partial charge in [0.05, 0.1) is 28.7 Å². The Labute approximate surface area is 210 Å². The van der Waals surface area contributed by atoms with Gasteiger partial charge < -0.3 is 15.2 Å². The lowest BCUT2D eigenvalue weighted by molar-refractivity contribution is -0.137. The standard InChI is InChI=1S/C26H26F3N3O3S/c1-13-7-17(9-21(13)33)32-25-20(11-30-12-31-25)23(34)22-10-18(14(2)36-22)24-19-8-16(26(27,28)29)4-3-15(19)5-6-35-24/h3-4,8,10-13,17,21,24,33H,5-7,9H2,1-2H3,(H,30,31,32)/t13-,17-,21+,24-/m1/s1. The van der Waals surface area contributed by atoms with Gasteiger partial charge in [-0.25, -0.2) is 9.97 Å². The lowest BCUT2D eigenvalue weighted by atomic mass is 9.91. The first kappa shape index (κ1) is 24.9. The number of aryl methyl sites for hydroxylation is 1. The Morgan fingerprint density at radius 1 is 1.22 bits per heavy atom. The number of alkyl halides is 3. The lowest BCUT2D eigenvalue weighted by Crippen LogP contribution is -2.20. The maximum Gasteiger partial charge on any atom is 0.416 e. The molecule has 2 N–H and O–H groups in total. The molecular weight excluding hydrogens is 491 g/mol. The van der Waals surface area contributed by atoms with Crippen LogP contribution in [0, 0.1) is 12.8 Å². The number of ether oxygens (including phenoxy) is 1. The Hall–Kier alpha value is -2.82. The molecule has 1 aromatic carbocycles. The molecule has 2 aliphatic rings. The second-order valence-electron chi connectivity index (χ2n) is 9.51. The minimum Gasteiger partial charge on any atom is -0.393 e. The molecule has 10 heteroatoms. The molecule has 1 aliphatic heterocycles. The van der Waals surface area contributed by atoms with Crippen LogP contribution in [0.15, 0.2) is 36.8 Å². The van der Waals surface area contributed by atoms with Crippen LogP contribution in [0.25, 0.3) is 0 Å². The first-order chi connectivity index (χ1) is 17.1. The number of aliphatic hydroxyl groups is 1. The highest BCUT2D eigenvalue weighted by Crippen LogP contribution is 2.41. The summed E-state index contributed by atoms with van der Waals surface area (Å²) < 4.78 is 46.1. The summed E-state index contributed by atoms with van der Waals surface area (Å²) in [4.78, 5) is 23.0. The Bertz CT molecular complexity index is 1280. The van der Waals surface area contributed by atoms with Crippen molar-refractivity contribution in [3.8, 4) is 0 Å². The summed E-state index contributed by atoms with van der Waals surface area (Å²) in [5.74, 6) is 0.286. The molecule has 2 aromatic heterocycles. The van der Waals surface area contributed by atoms with Crippen molar-refractivity contribution in [3.63, 3.8) is 0 Å². The molecule has 5 rings (SSSR count).